The number of rotatable bonds is 28. The molecule has 3 unspecified atom stereocenters. The molecule has 1 fully saturated rings. The van der Waals surface area contributed by atoms with E-state index in [1.165, 1.54) is 122 Å². The van der Waals surface area contributed by atoms with Crippen LogP contribution in [0.4, 0.5) is 21.2 Å². The van der Waals surface area contributed by atoms with Gasteiger partial charge in [0.15, 0.2) is 0 Å². The first-order valence-electron chi connectivity index (χ1n) is 23.3. The van der Waals surface area contributed by atoms with Crippen LogP contribution in [-0.4, -0.2) is 47.2 Å². The van der Waals surface area contributed by atoms with Gasteiger partial charge in [0.05, 0.1) is 12.2 Å². The molecule has 0 aliphatic heterocycles. The van der Waals surface area contributed by atoms with Gasteiger partial charge in [0.2, 0.25) is 5.95 Å². The van der Waals surface area contributed by atoms with Gasteiger partial charge in [-0.25, -0.2) is 14.4 Å². The number of nitrogens with one attached hydrogen (secondary N) is 5. The molecule has 332 valence electrons. The van der Waals surface area contributed by atoms with Gasteiger partial charge in [-0.05, 0) is 80.0 Å². The van der Waals surface area contributed by atoms with E-state index in [0.717, 1.165) is 25.7 Å². The lowest BCUT2D eigenvalue weighted by Gasteiger charge is -2.46. The largest absolute Gasteiger partial charge is 0.462 e. The highest BCUT2D eigenvalue weighted by Gasteiger charge is 2.42. The van der Waals surface area contributed by atoms with E-state index in [0.29, 0.717) is 42.4 Å². The molecule has 0 saturated heterocycles. The summed E-state index contributed by atoms with van der Waals surface area (Å²) in [7, 11) is 0. The van der Waals surface area contributed by atoms with Crippen molar-refractivity contribution in [2.45, 2.75) is 195 Å². The van der Waals surface area contributed by atoms with Crippen molar-refractivity contribution in [3.63, 3.8) is 0 Å². The third-order valence-electron chi connectivity index (χ3n) is 11.8. The maximum Gasteiger partial charge on any atom is 0.338 e. The van der Waals surface area contributed by atoms with Gasteiger partial charge in [-0.1, -0.05) is 150 Å². The second-order valence-corrected chi connectivity index (χ2v) is 18.7. The molecule has 0 spiro atoms. The lowest BCUT2D eigenvalue weighted by molar-refractivity contribution is 0.0422. The summed E-state index contributed by atoms with van der Waals surface area (Å²) in [5, 5.41) is 11.6. The van der Waals surface area contributed by atoms with Crippen LogP contribution < -0.4 is 26.8 Å². The average molecular weight is 821 g/mol. The summed E-state index contributed by atoms with van der Waals surface area (Å²) in [4.78, 5) is 57.4. The third-order valence-corrected chi connectivity index (χ3v) is 11.8. The van der Waals surface area contributed by atoms with Crippen molar-refractivity contribution in [1.82, 2.24) is 20.6 Å². The second-order valence-electron chi connectivity index (χ2n) is 18.7. The Labute approximate surface area is 356 Å². The van der Waals surface area contributed by atoms with Crippen molar-refractivity contribution in [3.8, 4) is 0 Å². The first-order chi connectivity index (χ1) is 28.3. The minimum atomic E-state index is -0.457. The Bertz CT molecular complexity index is 1580. The van der Waals surface area contributed by atoms with E-state index in [9.17, 15) is 19.2 Å². The minimum absolute atomic E-state index is 0.0748. The number of aromatic amines is 1. The summed E-state index contributed by atoms with van der Waals surface area (Å²) in [5.74, 6) is 0.162. The smallest absolute Gasteiger partial charge is 0.338 e. The van der Waals surface area contributed by atoms with E-state index in [1.54, 1.807) is 31.2 Å². The molecule has 5 N–H and O–H groups in total. The second kappa shape index (κ2) is 27.1. The van der Waals surface area contributed by atoms with E-state index in [-0.39, 0.29) is 34.8 Å². The van der Waals surface area contributed by atoms with Crippen LogP contribution in [0.2, 0.25) is 0 Å². The number of urea groups is 2. The number of aromatic nitrogens is 2. The van der Waals surface area contributed by atoms with Crippen LogP contribution >= 0.6 is 0 Å². The zero-order valence-corrected chi connectivity index (χ0v) is 37.7. The molecule has 1 saturated carbocycles. The summed E-state index contributed by atoms with van der Waals surface area (Å²) in [5.41, 5.74) is 0.880. The molecule has 3 atom stereocenters. The Balaban J connectivity index is 1.44. The molecule has 1 aliphatic carbocycles. The van der Waals surface area contributed by atoms with Crippen LogP contribution in [0.5, 0.6) is 0 Å². The molecule has 11 heteroatoms. The number of esters is 1. The molecule has 59 heavy (non-hydrogen) atoms. The minimum Gasteiger partial charge on any atom is -0.462 e. The molecule has 3 rings (SSSR count). The number of carbonyl (C=O) groups is 3. The van der Waals surface area contributed by atoms with Crippen molar-refractivity contribution in [3.05, 3.63) is 51.9 Å². The molecule has 0 bridgehead atoms. The number of nitrogens with zero attached hydrogens (tertiary/aromatic N) is 1. The highest BCUT2D eigenvalue weighted by atomic mass is 16.5. The molecule has 2 aromatic rings. The molecular formula is C48H80N6O5. The van der Waals surface area contributed by atoms with Crippen LogP contribution in [-0.2, 0) is 4.74 Å². The Morgan fingerprint density at radius 2 is 1.31 bits per heavy atom. The van der Waals surface area contributed by atoms with E-state index in [2.05, 4.69) is 65.9 Å². The van der Waals surface area contributed by atoms with Gasteiger partial charge in [0.25, 0.3) is 5.56 Å². The molecular weight excluding hydrogens is 741 g/mol. The summed E-state index contributed by atoms with van der Waals surface area (Å²) in [6.07, 6.45) is 28.1. The topological polar surface area (TPSA) is 154 Å². The summed E-state index contributed by atoms with van der Waals surface area (Å²) < 4.78 is 5.90. The highest BCUT2D eigenvalue weighted by molar-refractivity contribution is 5.92. The number of unbranched alkanes of at least 4 members (excludes halogenated alkanes) is 16. The summed E-state index contributed by atoms with van der Waals surface area (Å²) >= 11 is 0. The Hall–Kier alpha value is -3.89. The van der Waals surface area contributed by atoms with Crippen molar-refractivity contribution < 1.29 is 19.1 Å². The predicted octanol–water partition coefficient (Wildman–Crippen LogP) is 12.2. The van der Waals surface area contributed by atoms with Crippen LogP contribution in [0.15, 0.2) is 35.1 Å². The first-order valence-corrected chi connectivity index (χ1v) is 23.3. The zero-order chi connectivity index (χ0) is 42.9. The average Bonchev–Trinajstić information content (AvgIpc) is 3.16. The Morgan fingerprint density at radius 1 is 0.763 bits per heavy atom. The Morgan fingerprint density at radius 3 is 1.85 bits per heavy atom. The van der Waals surface area contributed by atoms with E-state index in [4.69, 9.17) is 4.74 Å². The molecule has 1 heterocycles. The lowest BCUT2D eigenvalue weighted by atomic mass is 9.62. The van der Waals surface area contributed by atoms with Gasteiger partial charge in [0.1, 0.15) is 0 Å². The first kappa shape index (κ1) is 49.5. The monoisotopic (exact) mass is 821 g/mol. The Kier molecular flexibility index (Phi) is 22.7. The van der Waals surface area contributed by atoms with Gasteiger partial charge in [-0.3, -0.25) is 10.1 Å². The highest BCUT2D eigenvalue weighted by Crippen LogP contribution is 2.45. The SMILES string of the molecule is CCCCCCCCCCCCC(CCCCCCCCCC)COC(=O)c1ccc(NC(=O)NC2CC(C)(C)CC(C)(CNC(=O)Nc3nc(=O)cc(C)[nH]3)C2)cc1. The number of benzene rings is 1. The number of ether oxygens (including phenoxy) is 1. The van der Waals surface area contributed by atoms with Crippen molar-refractivity contribution >= 4 is 29.7 Å². The standard InChI is InChI=1S/C48H80N6O5/c1-7-9-11-13-15-17-18-20-22-24-26-38(25-23-21-19-16-14-12-10-8-2)34-59-43(56)39-27-29-40(30-28-39)51-46(58)52-41-32-47(4,5)35-48(6,33-41)36-49-45(57)54-44-50-37(3)31-42(55)53-44/h27-31,38,41H,7-26,32-36H2,1-6H3,(H2,51,52,58)(H3,49,50,53,54,55,57). The van der Waals surface area contributed by atoms with E-state index < -0.39 is 11.6 Å². The fourth-order valence-corrected chi connectivity index (χ4v) is 9.07. The van der Waals surface area contributed by atoms with Gasteiger partial charge >= 0.3 is 18.0 Å². The molecule has 1 aromatic carbocycles. The maximum atomic E-state index is 13.2. The summed E-state index contributed by atoms with van der Waals surface area (Å²) in [6.45, 7) is 13.5. The van der Waals surface area contributed by atoms with Crippen LogP contribution in [0.25, 0.3) is 0 Å². The number of H-pyrrole nitrogens is 1. The molecule has 11 nitrogen and oxygen atoms in total. The number of amides is 4. The molecule has 1 aromatic heterocycles. The van der Waals surface area contributed by atoms with Gasteiger partial charge in [-0.2, -0.15) is 4.98 Å². The fourth-order valence-electron chi connectivity index (χ4n) is 9.07. The number of hydrogen-bond donors (Lipinski definition) is 5. The third kappa shape index (κ3) is 21.3. The van der Waals surface area contributed by atoms with E-state index >= 15 is 0 Å². The van der Waals surface area contributed by atoms with Crippen LogP contribution in [0.3, 0.4) is 0 Å². The van der Waals surface area contributed by atoms with Crippen LogP contribution in [0, 0.1) is 23.7 Å². The maximum absolute atomic E-state index is 13.2. The normalized spacial score (nSPS) is 17.8. The number of carbonyl (C=O) groups excluding carboxylic acids is 3. The number of anilines is 2. The molecule has 0 radical (unpaired) electrons. The van der Waals surface area contributed by atoms with Crippen LogP contribution in [0.1, 0.15) is 198 Å². The predicted molar refractivity (Wildman–Crippen MR) is 242 cm³/mol. The van der Waals surface area contributed by atoms with Gasteiger partial charge in [0, 0.05) is 30.0 Å². The van der Waals surface area contributed by atoms with Crippen molar-refractivity contribution in [2.75, 3.05) is 23.8 Å². The van der Waals surface area contributed by atoms with Gasteiger partial charge in [-0.15, -0.1) is 0 Å². The van der Waals surface area contributed by atoms with Crippen molar-refractivity contribution in [1.29, 1.82) is 0 Å². The molecule has 4 amide bonds. The quantitative estimate of drug-likeness (QED) is 0.0425. The number of aryl methyl sites for hydroxylation is 1. The van der Waals surface area contributed by atoms with Gasteiger partial charge < -0.3 is 25.7 Å². The van der Waals surface area contributed by atoms with E-state index in [1.807, 2.05) is 0 Å². The number of hydrogen-bond acceptors (Lipinski definition) is 6. The lowest BCUT2D eigenvalue weighted by Crippen LogP contribution is -2.51. The van der Waals surface area contributed by atoms with Crippen molar-refractivity contribution in [2.24, 2.45) is 16.7 Å². The summed E-state index contributed by atoms with van der Waals surface area (Å²) in [6, 6.07) is 7.38. The fraction of sp³-hybridized carbons (Fsp3) is 0.729. The molecule has 1 aliphatic rings. The zero-order valence-electron chi connectivity index (χ0n) is 37.7.